The minimum atomic E-state index is -3.53. The first-order valence-corrected chi connectivity index (χ1v) is 13.8. The van der Waals surface area contributed by atoms with E-state index in [-0.39, 0.29) is 23.7 Å². The second-order valence-corrected chi connectivity index (χ2v) is 11.4. The summed E-state index contributed by atoms with van der Waals surface area (Å²) in [5.74, 6) is 0.678. The number of nitrogens with one attached hydrogen (secondary N) is 1. The molecule has 1 unspecified atom stereocenters. The van der Waals surface area contributed by atoms with Gasteiger partial charge in [-0.25, -0.2) is 17.9 Å². The van der Waals surface area contributed by atoms with Crippen LogP contribution in [0.2, 0.25) is 0 Å². The number of nitrogens with zero attached hydrogens (tertiary/aromatic N) is 5. The zero-order valence-electron chi connectivity index (χ0n) is 20.2. The summed E-state index contributed by atoms with van der Waals surface area (Å²) >= 11 is 0. The van der Waals surface area contributed by atoms with Crippen molar-refractivity contribution in [1.82, 2.24) is 19.5 Å². The maximum absolute atomic E-state index is 13.8. The van der Waals surface area contributed by atoms with E-state index < -0.39 is 10.0 Å². The van der Waals surface area contributed by atoms with Crippen molar-refractivity contribution in [2.45, 2.75) is 45.2 Å². The van der Waals surface area contributed by atoms with Crippen LogP contribution in [-0.2, 0) is 10.0 Å². The van der Waals surface area contributed by atoms with E-state index >= 15 is 0 Å². The Labute approximate surface area is 205 Å². The number of rotatable bonds is 5. The van der Waals surface area contributed by atoms with Gasteiger partial charge >= 0.3 is 0 Å². The van der Waals surface area contributed by atoms with Gasteiger partial charge in [0.05, 0.1) is 29.2 Å². The van der Waals surface area contributed by atoms with Crippen molar-refractivity contribution < 1.29 is 13.2 Å². The molecule has 0 radical (unpaired) electrons. The van der Waals surface area contributed by atoms with Crippen LogP contribution in [0.1, 0.15) is 52.6 Å². The van der Waals surface area contributed by atoms with Crippen molar-refractivity contribution in [2.75, 3.05) is 35.5 Å². The molecule has 0 bridgehead atoms. The van der Waals surface area contributed by atoms with Gasteiger partial charge in [0.15, 0.2) is 5.65 Å². The van der Waals surface area contributed by atoms with E-state index in [4.69, 9.17) is 15.8 Å². The number of carbonyl (C=O) groups is 1. The maximum atomic E-state index is 13.8. The van der Waals surface area contributed by atoms with Gasteiger partial charge in [0.1, 0.15) is 5.82 Å². The molecule has 2 saturated heterocycles. The third-order valence-corrected chi connectivity index (χ3v) is 7.24. The van der Waals surface area contributed by atoms with Crippen LogP contribution in [0.25, 0.3) is 5.65 Å². The molecule has 1 aromatic carbocycles. The van der Waals surface area contributed by atoms with E-state index in [1.54, 1.807) is 18.2 Å². The predicted molar refractivity (Wildman–Crippen MR) is 135 cm³/mol. The first-order valence-electron chi connectivity index (χ1n) is 11.9. The van der Waals surface area contributed by atoms with Gasteiger partial charge in [-0.3, -0.25) is 9.52 Å². The van der Waals surface area contributed by atoms with E-state index in [0.717, 1.165) is 67.0 Å². The Kier molecular flexibility index (Phi) is 5.92. The SMILES string of the molecule is Cc1ccc(NS(C)(=O)=O)c(C(=O)N2CCCCC2c2cc3nc(N4CC(N)C4)cc(C)n3n2)c1. The molecule has 5 rings (SSSR count). The van der Waals surface area contributed by atoms with Crippen molar-refractivity contribution in [3.63, 3.8) is 0 Å². The highest BCUT2D eigenvalue weighted by Gasteiger charge is 2.32. The third-order valence-electron chi connectivity index (χ3n) is 6.65. The minimum absolute atomic E-state index is 0.180. The van der Waals surface area contributed by atoms with E-state index in [1.807, 2.05) is 35.4 Å². The second kappa shape index (κ2) is 8.80. The Hall–Kier alpha value is -3.18. The number of anilines is 2. The first kappa shape index (κ1) is 23.6. The molecule has 0 aliphatic carbocycles. The smallest absolute Gasteiger partial charge is 0.256 e. The molecule has 2 aliphatic heterocycles. The lowest BCUT2D eigenvalue weighted by Gasteiger charge is -2.37. The molecule has 2 aliphatic rings. The fourth-order valence-corrected chi connectivity index (χ4v) is 5.49. The zero-order chi connectivity index (χ0) is 24.9. The molecule has 2 fully saturated rings. The van der Waals surface area contributed by atoms with Crippen molar-refractivity contribution in [3.8, 4) is 0 Å². The normalized spacial score (nSPS) is 19.1. The highest BCUT2D eigenvalue weighted by molar-refractivity contribution is 7.92. The number of hydrogen-bond acceptors (Lipinski definition) is 7. The lowest BCUT2D eigenvalue weighted by Crippen LogP contribution is -2.56. The highest BCUT2D eigenvalue weighted by Crippen LogP contribution is 2.34. The van der Waals surface area contributed by atoms with E-state index in [2.05, 4.69) is 9.62 Å². The van der Waals surface area contributed by atoms with E-state index in [0.29, 0.717) is 12.1 Å². The van der Waals surface area contributed by atoms with Gasteiger partial charge in [0, 0.05) is 43.5 Å². The monoisotopic (exact) mass is 497 g/mol. The van der Waals surface area contributed by atoms with E-state index in [9.17, 15) is 13.2 Å². The standard InChI is InChI=1S/C24H31N7O3S/c1-15-7-8-19(28-35(3,33)34)18(10-15)24(32)30-9-5-4-6-21(30)20-12-23-26-22(29-13-17(25)14-29)11-16(2)31(23)27-20/h7-8,10-12,17,21,28H,4-6,9,13-14,25H2,1-3H3. The zero-order valence-corrected chi connectivity index (χ0v) is 21.0. The number of aryl methyl sites for hydroxylation is 2. The lowest BCUT2D eigenvalue weighted by atomic mass is 9.97. The summed E-state index contributed by atoms with van der Waals surface area (Å²) in [6.07, 6.45) is 3.73. The van der Waals surface area contributed by atoms with Crippen molar-refractivity contribution in [1.29, 1.82) is 0 Å². The summed E-state index contributed by atoms with van der Waals surface area (Å²) in [6.45, 7) is 6.03. The third kappa shape index (κ3) is 4.70. The Morgan fingerprint density at radius 1 is 1.14 bits per heavy atom. The van der Waals surface area contributed by atoms with Crippen LogP contribution in [-0.4, -0.2) is 65.8 Å². The van der Waals surface area contributed by atoms with Crippen LogP contribution in [0.3, 0.4) is 0 Å². The molecule has 2 aromatic heterocycles. The van der Waals surface area contributed by atoms with Crippen LogP contribution in [0, 0.1) is 13.8 Å². The molecular weight excluding hydrogens is 466 g/mol. The second-order valence-electron chi connectivity index (χ2n) is 9.69. The van der Waals surface area contributed by atoms with Gasteiger partial charge in [-0.1, -0.05) is 11.6 Å². The van der Waals surface area contributed by atoms with Crippen LogP contribution < -0.4 is 15.4 Å². The fraction of sp³-hybridized carbons (Fsp3) is 0.458. The average molecular weight is 498 g/mol. The lowest BCUT2D eigenvalue weighted by molar-refractivity contribution is 0.0606. The van der Waals surface area contributed by atoms with Crippen molar-refractivity contribution in [2.24, 2.45) is 5.73 Å². The van der Waals surface area contributed by atoms with Crippen molar-refractivity contribution in [3.05, 3.63) is 52.8 Å². The topological polar surface area (TPSA) is 126 Å². The molecule has 11 heteroatoms. The van der Waals surface area contributed by atoms with Crippen LogP contribution >= 0.6 is 0 Å². The largest absolute Gasteiger partial charge is 0.353 e. The Morgan fingerprint density at radius 2 is 1.91 bits per heavy atom. The number of fused-ring (bicyclic) bond motifs is 1. The summed E-state index contributed by atoms with van der Waals surface area (Å²) in [5.41, 5.74) is 9.95. The quantitative estimate of drug-likeness (QED) is 0.554. The van der Waals surface area contributed by atoms with Crippen LogP contribution in [0.4, 0.5) is 11.5 Å². The molecule has 10 nitrogen and oxygen atoms in total. The Bertz CT molecular complexity index is 1400. The Balaban J connectivity index is 1.49. The number of benzene rings is 1. The van der Waals surface area contributed by atoms with Gasteiger partial charge in [0.25, 0.3) is 5.91 Å². The maximum Gasteiger partial charge on any atom is 0.256 e. The molecular formula is C24H31N7O3S. The van der Waals surface area contributed by atoms with Gasteiger partial charge in [-0.15, -0.1) is 0 Å². The molecule has 4 heterocycles. The molecule has 1 amide bonds. The van der Waals surface area contributed by atoms with Gasteiger partial charge in [-0.2, -0.15) is 5.10 Å². The number of likely N-dealkylation sites (tertiary alicyclic amines) is 1. The average Bonchev–Trinajstić information content (AvgIpc) is 3.21. The minimum Gasteiger partial charge on any atom is -0.353 e. The van der Waals surface area contributed by atoms with Crippen LogP contribution in [0.15, 0.2) is 30.3 Å². The summed E-state index contributed by atoms with van der Waals surface area (Å²) < 4.78 is 28.1. The fourth-order valence-electron chi connectivity index (χ4n) is 4.91. The number of carbonyl (C=O) groups excluding carboxylic acids is 1. The van der Waals surface area contributed by atoms with Gasteiger partial charge in [-0.05, 0) is 45.2 Å². The summed E-state index contributed by atoms with van der Waals surface area (Å²) in [5, 5.41) is 4.83. The summed E-state index contributed by atoms with van der Waals surface area (Å²) in [7, 11) is -3.53. The van der Waals surface area contributed by atoms with E-state index in [1.165, 1.54) is 0 Å². The number of aromatic nitrogens is 3. The summed E-state index contributed by atoms with van der Waals surface area (Å²) in [6, 6.07) is 9.10. The van der Waals surface area contributed by atoms with Crippen molar-refractivity contribution >= 4 is 33.1 Å². The molecule has 0 saturated carbocycles. The molecule has 0 spiro atoms. The molecule has 1 atom stereocenters. The number of nitrogens with two attached hydrogens (primary N) is 1. The Morgan fingerprint density at radius 3 is 2.63 bits per heavy atom. The number of piperidine rings is 1. The molecule has 35 heavy (non-hydrogen) atoms. The number of hydrogen-bond donors (Lipinski definition) is 2. The van der Waals surface area contributed by atoms with Gasteiger partial charge in [0.2, 0.25) is 10.0 Å². The molecule has 3 N–H and O–H groups in total. The number of sulfonamides is 1. The van der Waals surface area contributed by atoms with Crippen LogP contribution in [0.5, 0.6) is 0 Å². The molecule has 3 aromatic rings. The number of amides is 1. The predicted octanol–water partition coefficient (Wildman–Crippen LogP) is 2.23. The van der Waals surface area contributed by atoms with Gasteiger partial charge < -0.3 is 15.5 Å². The first-order chi connectivity index (χ1) is 16.6. The summed E-state index contributed by atoms with van der Waals surface area (Å²) in [4.78, 5) is 22.5. The highest BCUT2D eigenvalue weighted by atomic mass is 32.2. The molecule has 186 valence electrons.